The van der Waals surface area contributed by atoms with Crippen molar-refractivity contribution in [2.75, 3.05) is 17.3 Å². The van der Waals surface area contributed by atoms with Gasteiger partial charge in [0.05, 0.1) is 17.0 Å². The molecule has 0 aliphatic carbocycles. The van der Waals surface area contributed by atoms with Gasteiger partial charge in [-0.15, -0.1) is 0 Å². The molecule has 42 heavy (non-hydrogen) atoms. The molecule has 3 N–H and O–H groups in total. The molecule has 0 aliphatic rings. The number of nitrogens with one attached hydrogen (secondary N) is 2. The van der Waals surface area contributed by atoms with Gasteiger partial charge < -0.3 is 20.3 Å². The number of nitrogens with zero attached hydrogens (tertiary/aromatic N) is 4. The van der Waals surface area contributed by atoms with Crippen molar-refractivity contribution in [3.8, 4) is 17.0 Å². The van der Waals surface area contributed by atoms with Gasteiger partial charge in [-0.3, -0.25) is 4.79 Å². The molecule has 0 fully saturated rings. The zero-order chi connectivity index (χ0) is 29.8. The largest absolute Gasteiger partial charge is 0.494 e. The van der Waals surface area contributed by atoms with Crippen LogP contribution in [0.3, 0.4) is 0 Å². The SMILES string of the molecule is CC(C)CC(=O)N(C)c1ccc(N=C(c2ccccc2)c2c(O)[nH]c3cc(-c4cnc(NC(C)C)nc4)ccc23)cc1. The Balaban J connectivity index is 1.52. The van der Waals surface area contributed by atoms with Crippen molar-refractivity contribution in [2.45, 2.75) is 40.2 Å². The van der Waals surface area contributed by atoms with E-state index in [4.69, 9.17) is 4.99 Å². The average Bonchev–Trinajstić information content (AvgIpc) is 3.30. The molecule has 0 saturated heterocycles. The molecule has 1 amide bonds. The van der Waals surface area contributed by atoms with Crippen LogP contribution in [-0.2, 0) is 4.79 Å². The number of aromatic hydroxyl groups is 1. The third-order valence-electron chi connectivity index (χ3n) is 6.90. The first-order chi connectivity index (χ1) is 20.2. The van der Waals surface area contributed by atoms with Crippen molar-refractivity contribution in [3.63, 3.8) is 0 Å². The van der Waals surface area contributed by atoms with Gasteiger partial charge in [-0.2, -0.15) is 0 Å². The lowest BCUT2D eigenvalue weighted by Crippen LogP contribution is -2.27. The Morgan fingerprint density at radius 1 is 0.952 bits per heavy atom. The Bertz CT molecular complexity index is 1710. The summed E-state index contributed by atoms with van der Waals surface area (Å²) in [6, 6.07) is 23.6. The van der Waals surface area contributed by atoms with Crippen LogP contribution in [0.1, 0.15) is 45.2 Å². The van der Waals surface area contributed by atoms with Crippen LogP contribution in [0.15, 0.2) is 90.2 Å². The zero-order valence-corrected chi connectivity index (χ0v) is 24.6. The molecule has 0 unspecified atom stereocenters. The minimum atomic E-state index is 0.0353. The van der Waals surface area contributed by atoms with E-state index in [2.05, 4.69) is 20.3 Å². The van der Waals surface area contributed by atoms with E-state index in [-0.39, 0.29) is 23.7 Å². The van der Waals surface area contributed by atoms with E-state index in [0.29, 0.717) is 29.3 Å². The van der Waals surface area contributed by atoms with E-state index in [0.717, 1.165) is 33.3 Å². The third-order valence-corrected chi connectivity index (χ3v) is 6.90. The van der Waals surface area contributed by atoms with Gasteiger partial charge in [0.15, 0.2) is 5.88 Å². The molecule has 0 aliphatic heterocycles. The molecule has 8 nitrogen and oxygen atoms in total. The van der Waals surface area contributed by atoms with Gasteiger partial charge in [-0.25, -0.2) is 15.0 Å². The molecule has 0 atom stereocenters. The van der Waals surface area contributed by atoms with Crippen molar-refractivity contribution in [1.29, 1.82) is 0 Å². The third kappa shape index (κ3) is 6.33. The van der Waals surface area contributed by atoms with Crippen molar-refractivity contribution >= 4 is 39.8 Å². The Morgan fingerprint density at radius 2 is 1.64 bits per heavy atom. The second kappa shape index (κ2) is 12.3. The molecule has 0 spiro atoms. The second-order valence-electron chi connectivity index (χ2n) is 11.1. The van der Waals surface area contributed by atoms with Gasteiger partial charge in [0.2, 0.25) is 11.9 Å². The maximum Gasteiger partial charge on any atom is 0.226 e. The number of anilines is 2. The predicted molar refractivity (Wildman–Crippen MR) is 171 cm³/mol. The van der Waals surface area contributed by atoms with E-state index in [1.54, 1.807) is 24.3 Å². The van der Waals surface area contributed by atoms with E-state index in [9.17, 15) is 9.90 Å². The summed E-state index contributed by atoms with van der Waals surface area (Å²) in [5.74, 6) is 0.982. The van der Waals surface area contributed by atoms with Crippen LogP contribution >= 0.6 is 0 Å². The lowest BCUT2D eigenvalue weighted by atomic mass is 9.99. The maximum atomic E-state index is 12.5. The number of carbonyl (C=O) groups excluding carboxylic acids is 1. The number of fused-ring (bicyclic) bond motifs is 1. The van der Waals surface area contributed by atoms with Crippen molar-refractivity contribution in [1.82, 2.24) is 15.0 Å². The molecule has 2 heterocycles. The van der Waals surface area contributed by atoms with Crippen LogP contribution in [0, 0.1) is 5.92 Å². The minimum absolute atomic E-state index is 0.0353. The Hall–Kier alpha value is -4.98. The average molecular weight is 561 g/mol. The lowest BCUT2D eigenvalue weighted by molar-refractivity contribution is -0.119. The Labute approximate surface area is 246 Å². The van der Waals surface area contributed by atoms with Crippen LogP contribution in [0.25, 0.3) is 22.0 Å². The molecule has 3 aromatic carbocycles. The van der Waals surface area contributed by atoms with Crippen molar-refractivity contribution in [3.05, 3.63) is 96.3 Å². The number of amides is 1. The highest BCUT2D eigenvalue weighted by Crippen LogP contribution is 2.34. The van der Waals surface area contributed by atoms with Crippen LogP contribution < -0.4 is 10.2 Å². The maximum absolute atomic E-state index is 12.5. The lowest BCUT2D eigenvalue weighted by Gasteiger charge is -2.18. The van der Waals surface area contributed by atoms with Crippen molar-refractivity contribution < 1.29 is 9.90 Å². The number of benzene rings is 3. The number of H-pyrrole nitrogens is 1. The molecule has 8 heteroatoms. The van der Waals surface area contributed by atoms with Crippen LogP contribution in [-0.4, -0.2) is 44.8 Å². The van der Waals surface area contributed by atoms with Crippen LogP contribution in [0.2, 0.25) is 0 Å². The van der Waals surface area contributed by atoms with Gasteiger partial charge in [0, 0.05) is 59.6 Å². The van der Waals surface area contributed by atoms with Crippen LogP contribution in [0.4, 0.5) is 17.3 Å². The summed E-state index contributed by atoms with van der Waals surface area (Å²) in [7, 11) is 1.79. The Morgan fingerprint density at radius 3 is 2.29 bits per heavy atom. The van der Waals surface area contributed by atoms with E-state index in [1.807, 2.05) is 100 Å². The summed E-state index contributed by atoms with van der Waals surface area (Å²) >= 11 is 0. The summed E-state index contributed by atoms with van der Waals surface area (Å²) in [5, 5.41) is 15.2. The molecule has 5 rings (SSSR count). The summed E-state index contributed by atoms with van der Waals surface area (Å²) in [6.07, 6.45) is 4.07. The molecule has 2 aromatic heterocycles. The van der Waals surface area contributed by atoms with Gasteiger partial charge in [-0.1, -0.05) is 56.3 Å². The standard InChI is InChI=1S/C34H36N6O2/c1-21(2)17-30(41)40(5)27-14-12-26(13-15-27)38-32(23-9-7-6-8-10-23)31-28-16-11-24(18-29(28)39-33(31)42)25-19-35-34(36-20-25)37-22(3)4/h6-16,18-22,39,42H,17H2,1-5H3,(H,35,36,37). The number of carbonyl (C=O) groups is 1. The first kappa shape index (κ1) is 28.5. The van der Waals surface area contributed by atoms with Gasteiger partial charge >= 0.3 is 0 Å². The number of rotatable bonds is 9. The molecule has 5 aromatic rings. The predicted octanol–water partition coefficient (Wildman–Crippen LogP) is 7.33. The molecular formula is C34H36N6O2. The number of aromatic nitrogens is 3. The van der Waals surface area contributed by atoms with E-state index in [1.165, 1.54) is 0 Å². The highest BCUT2D eigenvalue weighted by atomic mass is 16.3. The molecule has 0 saturated carbocycles. The fourth-order valence-electron chi connectivity index (χ4n) is 4.78. The quantitative estimate of drug-likeness (QED) is 0.164. The number of aliphatic imine (C=N–C) groups is 1. The molecule has 0 bridgehead atoms. The first-order valence-electron chi connectivity index (χ1n) is 14.1. The highest BCUT2D eigenvalue weighted by molar-refractivity contribution is 6.22. The van der Waals surface area contributed by atoms with Crippen molar-refractivity contribution in [2.24, 2.45) is 10.9 Å². The number of aromatic amines is 1. The summed E-state index contributed by atoms with van der Waals surface area (Å²) in [4.78, 5) is 31.2. The molecule has 214 valence electrons. The fourth-order valence-corrected chi connectivity index (χ4v) is 4.78. The van der Waals surface area contributed by atoms with E-state index < -0.39 is 0 Å². The number of hydrogen-bond donors (Lipinski definition) is 3. The smallest absolute Gasteiger partial charge is 0.226 e. The molecular weight excluding hydrogens is 524 g/mol. The first-order valence-corrected chi connectivity index (χ1v) is 14.1. The summed E-state index contributed by atoms with van der Waals surface area (Å²) in [5.41, 5.74) is 6.20. The topological polar surface area (TPSA) is 106 Å². The van der Waals surface area contributed by atoms with Gasteiger partial charge in [-0.05, 0) is 55.7 Å². The van der Waals surface area contributed by atoms with Gasteiger partial charge in [0.25, 0.3) is 0 Å². The minimum Gasteiger partial charge on any atom is -0.494 e. The summed E-state index contributed by atoms with van der Waals surface area (Å²) < 4.78 is 0. The second-order valence-corrected chi connectivity index (χ2v) is 11.1. The number of hydrogen-bond acceptors (Lipinski definition) is 6. The fraction of sp³-hybridized carbons (Fsp3) is 0.235. The summed E-state index contributed by atoms with van der Waals surface area (Å²) in [6.45, 7) is 8.15. The molecule has 0 radical (unpaired) electrons. The monoisotopic (exact) mass is 560 g/mol. The van der Waals surface area contributed by atoms with Gasteiger partial charge in [0.1, 0.15) is 0 Å². The van der Waals surface area contributed by atoms with Crippen LogP contribution in [0.5, 0.6) is 5.88 Å². The van der Waals surface area contributed by atoms with E-state index >= 15 is 0 Å². The highest BCUT2D eigenvalue weighted by Gasteiger charge is 2.20. The zero-order valence-electron chi connectivity index (χ0n) is 24.6. The normalized spacial score (nSPS) is 11.8. The Kier molecular flexibility index (Phi) is 8.33.